The minimum atomic E-state index is 0.614. The molecule has 3 heteroatoms. The Bertz CT molecular complexity index is 334. The highest BCUT2D eigenvalue weighted by Gasteiger charge is 2.17. The van der Waals surface area contributed by atoms with Gasteiger partial charge in [0, 0.05) is 11.0 Å². The maximum Gasteiger partial charge on any atom is 0.119 e. The van der Waals surface area contributed by atoms with Crippen molar-refractivity contribution in [3.63, 3.8) is 0 Å². The zero-order chi connectivity index (χ0) is 10.7. The van der Waals surface area contributed by atoms with Crippen LogP contribution in [0, 0.1) is 0 Å². The monoisotopic (exact) mass is 269 g/mol. The molecule has 82 valence electrons. The molecule has 1 heterocycles. The van der Waals surface area contributed by atoms with Gasteiger partial charge in [-0.3, -0.25) is 0 Å². The van der Waals surface area contributed by atoms with E-state index in [2.05, 4.69) is 33.4 Å². The Morgan fingerprint density at radius 1 is 1.47 bits per heavy atom. The zero-order valence-electron chi connectivity index (χ0n) is 8.92. The maximum atomic E-state index is 5.26. The Kier molecular flexibility index (Phi) is 3.65. The van der Waals surface area contributed by atoms with Gasteiger partial charge in [0.05, 0.1) is 7.11 Å². The van der Waals surface area contributed by atoms with E-state index in [0.29, 0.717) is 5.92 Å². The molecule has 0 spiro atoms. The van der Waals surface area contributed by atoms with E-state index in [9.17, 15) is 0 Å². The fourth-order valence-corrected chi connectivity index (χ4v) is 2.65. The lowest BCUT2D eigenvalue weighted by molar-refractivity contribution is 0.411. The Morgan fingerprint density at radius 2 is 2.33 bits per heavy atom. The van der Waals surface area contributed by atoms with Crippen molar-refractivity contribution in [2.75, 3.05) is 20.2 Å². The lowest BCUT2D eigenvalue weighted by Crippen LogP contribution is -2.28. The second-order valence-electron chi connectivity index (χ2n) is 3.93. The highest BCUT2D eigenvalue weighted by atomic mass is 79.9. The fourth-order valence-electron chi connectivity index (χ4n) is 2.08. The summed E-state index contributed by atoms with van der Waals surface area (Å²) in [5.74, 6) is 1.56. The number of ether oxygens (including phenoxy) is 1. The topological polar surface area (TPSA) is 21.3 Å². The molecule has 1 fully saturated rings. The molecule has 1 saturated heterocycles. The predicted octanol–water partition coefficient (Wildman–Crippen LogP) is 2.92. The third kappa shape index (κ3) is 2.52. The highest BCUT2D eigenvalue weighted by Crippen LogP contribution is 2.32. The summed E-state index contributed by atoms with van der Waals surface area (Å²) in [5.41, 5.74) is 1.36. The molecule has 1 aliphatic heterocycles. The number of benzene rings is 1. The first-order valence-electron chi connectivity index (χ1n) is 5.35. The van der Waals surface area contributed by atoms with Crippen LogP contribution in [0.2, 0.25) is 0 Å². The molecule has 15 heavy (non-hydrogen) atoms. The Morgan fingerprint density at radius 3 is 3.00 bits per heavy atom. The van der Waals surface area contributed by atoms with E-state index in [4.69, 9.17) is 4.74 Å². The third-order valence-corrected chi connectivity index (χ3v) is 3.66. The van der Waals surface area contributed by atoms with Crippen LogP contribution in [0.15, 0.2) is 22.7 Å². The average Bonchev–Trinajstić information content (AvgIpc) is 2.31. The molecule has 1 aliphatic rings. The summed E-state index contributed by atoms with van der Waals surface area (Å²) in [5, 5.41) is 3.44. The number of rotatable bonds is 2. The zero-order valence-corrected chi connectivity index (χ0v) is 10.5. The molecule has 2 rings (SSSR count). The van der Waals surface area contributed by atoms with Crippen LogP contribution in [0.4, 0.5) is 0 Å². The predicted molar refractivity (Wildman–Crippen MR) is 65.5 cm³/mol. The van der Waals surface area contributed by atoms with Crippen molar-refractivity contribution < 1.29 is 4.74 Å². The van der Waals surface area contributed by atoms with Gasteiger partial charge in [-0.25, -0.2) is 0 Å². The number of nitrogens with one attached hydrogen (secondary N) is 1. The van der Waals surface area contributed by atoms with Gasteiger partial charge in [0.1, 0.15) is 5.75 Å². The first-order valence-corrected chi connectivity index (χ1v) is 6.14. The molecule has 1 N–H and O–H groups in total. The smallest absolute Gasteiger partial charge is 0.119 e. The largest absolute Gasteiger partial charge is 0.497 e. The van der Waals surface area contributed by atoms with Crippen LogP contribution in [0.5, 0.6) is 5.75 Å². The van der Waals surface area contributed by atoms with Crippen molar-refractivity contribution >= 4 is 15.9 Å². The minimum Gasteiger partial charge on any atom is -0.497 e. The van der Waals surface area contributed by atoms with E-state index < -0.39 is 0 Å². The van der Waals surface area contributed by atoms with Crippen molar-refractivity contribution in [3.05, 3.63) is 28.2 Å². The van der Waals surface area contributed by atoms with Crippen LogP contribution in [-0.4, -0.2) is 20.2 Å². The van der Waals surface area contributed by atoms with E-state index in [1.54, 1.807) is 7.11 Å². The molecule has 1 aromatic carbocycles. The van der Waals surface area contributed by atoms with Gasteiger partial charge in [-0.05, 0) is 49.1 Å². The molecule has 1 aromatic rings. The summed E-state index contributed by atoms with van der Waals surface area (Å²) in [4.78, 5) is 0. The second kappa shape index (κ2) is 4.99. The van der Waals surface area contributed by atoms with Crippen LogP contribution < -0.4 is 10.1 Å². The third-order valence-electron chi connectivity index (χ3n) is 2.94. The molecule has 0 aromatic heterocycles. The van der Waals surface area contributed by atoms with Crippen molar-refractivity contribution in [3.8, 4) is 5.75 Å². The van der Waals surface area contributed by atoms with Gasteiger partial charge in [-0.1, -0.05) is 15.9 Å². The summed E-state index contributed by atoms with van der Waals surface area (Å²) in [6.45, 7) is 2.23. The molecule has 2 nitrogen and oxygen atoms in total. The van der Waals surface area contributed by atoms with E-state index in [-0.39, 0.29) is 0 Å². The molecule has 0 amide bonds. The molecule has 0 aliphatic carbocycles. The molecular weight excluding hydrogens is 254 g/mol. The normalized spacial score (nSPS) is 21.3. The lowest BCUT2D eigenvalue weighted by Gasteiger charge is -2.24. The van der Waals surface area contributed by atoms with E-state index in [0.717, 1.165) is 18.8 Å². The van der Waals surface area contributed by atoms with Gasteiger partial charge in [0.15, 0.2) is 0 Å². The van der Waals surface area contributed by atoms with Gasteiger partial charge in [-0.2, -0.15) is 0 Å². The first-order chi connectivity index (χ1) is 7.31. The molecular formula is C12H16BrNO. The van der Waals surface area contributed by atoms with Gasteiger partial charge < -0.3 is 10.1 Å². The summed E-state index contributed by atoms with van der Waals surface area (Å²) in [7, 11) is 1.71. The van der Waals surface area contributed by atoms with E-state index >= 15 is 0 Å². The van der Waals surface area contributed by atoms with Gasteiger partial charge in [0.2, 0.25) is 0 Å². The Hall–Kier alpha value is -0.540. The molecule has 0 bridgehead atoms. The fraction of sp³-hybridized carbons (Fsp3) is 0.500. The summed E-state index contributed by atoms with van der Waals surface area (Å²) in [6.07, 6.45) is 2.52. The number of hydrogen-bond donors (Lipinski definition) is 1. The van der Waals surface area contributed by atoms with E-state index in [1.165, 1.54) is 22.9 Å². The SMILES string of the molecule is COc1ccc(Br)c(C2CCCNC2)c1. The lowest BCUT2D eigenvalue weighted by atomic mass is 9.91. The van der Waals surface area contributed by atoms with Crippen LogP contribution in [0.1, 0.15) is 24.3 Å². The van der Waals surface area contributed by atoms with Crippen LogP contribution in [0.25, 0.3) is 0 Å². The van der Waals surface area contributed by atoms with Gasteiger partial charge in [0.25, 0.3) is 0 Å². The molecule has 1 unspecified atom stereocenters. The summed E-state index contributed by atoms with van der Waals surface area (Å²) >= 11 is 3.61. The second-order valence-corrected chi connectivity index (χ2v) is 4.79. The van der Waals surface area contributed by atoms with Gasteiger partial charge in [-0.15, -0.1) is 0 Å². The highest BCUT2D eigenvalue weighted by molar-refractivity contribution is 9.10. The summed E-state index contributed by atoms with van der Waals surface area (Å²) < 4.78 is 6.45. The molecule has 1 atom stereocenters. The first kappa shape index (κ1) is 11.0. The summed E-state index contributed by atoms with van der Waals surface area (Å²) in [6, 6.07) is 6.20. The molecule has 0 saturated carbocycles. The van der Waals surface area contributed by atoms with Crippen molar-refractivity contribution in [1.82, 2.24) is 5.32 Å². The van der Waals surface area contributed by atoms with Crippen molar-refractivity contribution in [1.29, 1.82) is 0 Å². The molecule has 0 radical (unpaired) electrons. The number of hydrogen-bond acceptors (Lipinski definition) is 2. The number of methoxy groups -OCH3 is 1. The Balaban J connectivity index is 2.24. The van der Waals surface area contributed by atoms with Crippen LogP contribution in [-0.2, 0) is 0 Å². The number of halogens is 1. The van der Waals surface area contributed by atoms with Gasteiger partial charge >= 0.3 is 0 Å². The maximum absolute atomic E-state index is 5.26. The minimum absolute atomic E-state index is 0.614. The standard InChI is InChI=1S/C12H16BrNO/c1-15-10-4-5-12(13)11(7-10)9-3-2-6-14-8-9/h4-5,7,9,14H,2-3,6,8H2,1H3. The van der Waals surface area contributed by atoms with Crippen LogP contribution in [0.3, 0.4) is 0 Å². The average molecular weight is 270 g/mol. The number of piperidine rings is 1. The quantitative estimate of drug-likeness (QED) is 0.892. The van der Waals surface area contributed by atoms with E-state index in [1.807, 2.05) is 6.07 Å². The van der Waals surface area contributed by atoms with Crippen molar-refractivity contribution in [2.45, 2.75) is 18.8 Å². The Labute approximate surface area is 99.1 Å². The van der Waals surface area contributed by atoms with Crippen LogP contribution >= 0.6 is 15.9 Å². The van der Waals surface area contributed by atoms with Crippen molar-refractivity contribution in [2.24, 2.45) is 0 Å².